The molecule has 1 aromatic rings. The predicted octanol–water partition coefficient (Wildman–Crippen LogP) is 0.764. The van der Waals surface area contributed by atoms with Gasteiger partial charge in [0.15, 0.2) is 21.6 Å². The molecule has 11 heteroatoms. The molecule has 0 fully saturated rings. The van der Waals surface area contributed by atoms with E-state index in [-0.39, 0.29) is 17.9 Å². The molecule has 0 N–H and O–H groups in total. The van der Waals surface area contributed by atoms with Crippen LogP contribution in [-0.2, 0) is 30.9 Å². The largest absolute Gasteiger partial charge is 0.743 e. The average molecular weight is 377 g/mol. The third kappa shape index (κ3) is 4.38. The molecule has 0 aromatic heterocycles. The van der Waals surface area contributed by atoms with Crippen LogP contribution in [0, 0.1) is 0 Å². The first-order chi connectivity index (χ1) is 11.5. The molecule has 0 unspecified atom stereocenters. The van der Waals surface area contributed by atoms with Gasteiger partial charge in [-0.1, -0.05) is 18.7 Å². The van der Waals surface area contributed by atoms with Crippen LogP contribution in [0.2, 0.25) is 0 Å². The molecule has 2 rings (SSSR count). The third-order valence-electron chi connectivity index (χ3n) is 3.01. The number of esters is 2. The summed E-state index contributed by atoms with van der Waals surface area (Å²) in [6.45, 7) is 0.736. The highest BCUT2D eigenvalue weighted by atomic mass is 32.2. The van der Waals surface area contributed by atoms with Gasteiger partial charge in [-0.05, 0) is 6.07 Å². The van der Waals surface area contributed by atoms with E-state index in [0.717, 1.165) is 0 Å². The minimum atomic E-state index is -5.88. The highest BCUT2D eigenvalue weighted by Crippen LogP contribution is 2.36. The lowest BCUT2D eigenvalue weighted by Crippen LogP contribution is -2.34. The Labute approximate surface area is 140 Å². The van der Waals surface area contributed by atoms with E-state index in [1.54, 1.807) is 6.07 Å². The van der Waals surface area contributed by atoms with Gasteiger partial charge < -0.3 is 18.8 Å². The van der Waals surface area contributed by atoms with E-state index in [1.165, 1.54) is 12.1 Å². The quantitative estimate of drug-likeness (QED) is 0.296. The number of fused-ring (bicyclic) bond motifs is 1. The van der Waals surface area contributed by atoms with Crippen molar-refractivity contribution in [2.75, 3.05) is 13.2 Å². The van der Waals surface area contributed by atoms with Crippen molar-refractivity contribution < 1.29 is 45.6 Å². The fourth-order valence-corrected chi connectivity index (χ4v) is 2.03. The van der Waals surface area contributed by atoms with Crippen molar-refractivity contribution in [3.63, 3.8) is 0 Å². The summed E-state index contributed by atoms with van der Waals surface area (Å²) in [5.74, 6) is -1.59. The van der Waals surface area contributed by atoms with Gasteiger partial charge in [-0.3, -0.25) is 4.79 Å². The molecule has 1 aliphatic rings. The van der Waals surface area contributed by atoms with Gasteiger partial charge in [0.25, 0.3) is 0 Å². The average Bonchev–Trinajstić information content (AvgIpc) is 2.87. The normalized spacial score (nSPS) is 14.0. The summed E-state index contributed by atoms with van der Waals surface area (Å²) in [6, 6.07) is 4.46. The number of ether oxygens (including phenoxy) is 3. The molecule has 25 heavy (non-hydrogen) atoms. The lowest BCUT2D eigenvalue weighted by molar-refractivity contribution is -0.134. The first-order valence-corrected chi connectivity index (χ1v) is 8.05. The predicted molar refractivity (Wildman–Crippen MR) is 76.0 cm³/mol. The molecule has 0 saturated heterocycles. The Morgan fingerprint density at radius 3 is 2.72 bits per heavy atom. The zero-order chi connectivity index (χ0) is 18.8. The van der Waals surface area contributed by atoms with E-state index >= 15 is 0 Å². The van der Waals surface area contributed by atoms with E-state index in [2.05, 4.69) is 11.3 Å². The Balaban J connectivity index is 1.93. The summed E-state index contributed by atoms with van der Waals surface area (Å²) in [5, 5.41) is -4.63. The number of alkyl halides is 2. The Kier molecular flexibility index (Phi) is 5.20. The Morgan fingerprint density at radius 1 is 1.40 bits per heavy atom. The number of carbonyl (C=O) groups is 2. The number of benzene rings is 1. The number of hydrogen-bond acceptors (Lipinski definition) is 8. The Bertz CT molecular complexity index is 831. The molecule has 0 saturated carbocycles. The topological polar surface area (TPSA) is 119 Å². The monoisotopic (exact) mass is 377 g/mol. The molecule has 0 spiro atoms. The summed E-state index contributed by atoms with van der Waals surface area (Å²) in [7, 11) is -5.88. The van der Waals surface area contributed by atoms with E-state index in [1.807, 2.05) is 0 Å². The van der Waals surface area contributed by atoms with Crippen LogP contribution in [-0.4, -0.2) is 43.4 Å². The first-order valence-electron chi connectivity index (χ1n) is 6.65. The van der Waals surface area contributed by atoms with Crippen LogP contribution in [0.1, 0.15) is 5.56 Å². The summed E-state index contributed by atoms with van der Waals surface area (Å²) >= 11 is 0. The second kappa shape index (κ2) is 6.86. The lowest BCUT2D eigenvalue weighted by atomic mass is 10.1. The Morgan fingerprint density at radius 2 is 2.08 bits per heavy atom. The van der Waals surface area contributed by atoms with Crippen molar-refractivity contribution in [2.45, 2.75) is 11.7 Å². The number of para-hydroxylation sites is 1. The minimum absolute atomic E-state index is 0.0174. The molecule has 0 bridgehead atoms. The van der Waals surface area contributed by atoms with E-state index in [0.29, 0.717) is 5.56 Å². The number of hydrogen-bond donors (Lipinski definition) is 0. The van der Waals surface area contributed by atoms with Gasteiger partial charge in [0.1, 0.15) is 6.61 Å². The summed E-state index contributed by atoms with van der Waals surface area (Å²) < 4.78 is 70.9. The minimum Gasteiger partial charge on any atom is -0.743 e. The second-order valence-corrected chi connectivity index (χ2v) is 6.48. The van der Waals surface area contributed by atoms with E-state index in [9.17, 15) is 31.3 Å². The molecule has 1 aromatic carbocycles. The smallest absolute Gasteiger partial charge is 0.357 e. The van der Waals surface area contributed by atoms with Gasteiger partial charge in [-0.15, -0.1) is 0 Å². The molecule has 0 atom stereocenters. The lowest BCUT2D eigenvalue weighted by Gasteiger charge is -2.19. The van der Waals surface area contributed by atoms with Gasteiger partial charge in [0.2, 0.25) is 0 Å². The highest BCUT2D eigenvalue weighted by molar-refractivity contribution is 7.86. The summed E-state index contributed by atoms with van der Waals surface area (Å²) in [5.41, 5.74) is 0.0958. The second-order valence-electron chi connectivity index (χ2n) is 4.97. The van der Waals surface area contributed by atoms with Crippen LogP contribution in [0.5, 0.6) is 11.5 Å². The van der Waals surface area contributed by atoms with Gasteiger partial charge in [-0.25, -0.2) is 13.2 Å². The molecule has 0 aliphatic carbocycles. The van der Waals surface area contributed by atoms with Crippen molar-refractivity contribution >= 4 is 22.1 Å². The third-order valence-corrected chi connectivity index (χ3v) is 3.86. The number of rotatable bonds is 7. The van der Waals surface area contributed by atoms with Gasteiger partial charge >= 0.3 is 17.2 Å². The van der Waals surface area contributed by atoms with Crippen molar-refractivity contribution in [1.29, 1.82) is 0 Å². The fraction of sp³-hybridized carbons (Fsp3) is 0.286. The van der Waals surface area contributed by atoms with Crippen LogP contribution in [0.15, 0.2) is 30.4 Å². The zero-order valence-electron chi connectivity index (χ0n) is 12.5. The van der Waals surface area contributed by atoms with Crippen LogP contribution in [0.4, 0.5) is 8.78 Å². The molecule has 0 amide bonds. The van der Waals surface area contributed by atoms with Crippen LogP contribution in [0.25, 0.3) is 0 Å². The van der Waals surface area contributed by atoms with Crippen molar-refractivity contribution in [2.24, 2.45) is 0 Å². The molecule has 0 radical (unpaired) electrons. The Hall–Kier alpha value is -2.37. The van der Waals surface area contributed by atoms with Crippen molar-refractivity contribution in [1.82, 2.24) is 0 Å². The maximum absolute atomic E-state index is 12.9. The fourth-order valence-electron chi connectivity index (χ4n) is 1.80. The summed E-state index contributed by atoms with van der Waals surface area (Å²) in [6.07, 6.45) is 0.0174. The molecule has 1 aliphatic heterocycles. The summed E-state index contributed by atoms with van der Waals surface area (Å²) in [4.78, 5) is 23.1. The molecule has 8 nitrogen and oxygen atoms in total. The first kappa shape index (κ1) is 19.0. The zero-order valence-corrected chi connectivity index (χ0v) is 13.3. The molecular formula is C14H11F2O8S-. The van der Waals surface area contributed by atoms with Gasteiger partial charge in [0.05, 0.1) is 18.6 Å². The molecular weight excluding hydrogens is 366 g/mol. The standard InChI is InChI=1S/C14H12F2O8S/c1-8(6-22-7-14(15,16)25(19,20)21)13(18)23-10-4-2-3-9-5-11(17)24-12(9)10/h2-4H,1,5-7H2,(H,19,20,21)/p-1. The number of carbonyl (C=O) groups excluding carboxylic acids is 2. The maximum atomic E-state index is 12.9. The van der Waals surface area contributed by atoms with Gasteiger partial charge in [-0.2, -0.15) is 8.78 Å². The van der Waals surface area contributed by atoms with Gasteiger partial charge in [0, 0.05) is 5.56 Å². The molecule has 1 heterocycles. The van der Waals surface area contributed by atoms with Crippen molar-refractivity contribution in [3.05, 3.63) is 35.9 Å². The van der Waals surface area contributed by atoms with E-state index < -0.39 is 46.1 Å². The number of halogens is 2. The molecule has 136 valence electrons. The van der Waals surface area contributed by atoms with Crippen molar-refractivity contribution in [3.8, 4) is 11.5 Å². The van der Waals surface area contributed by atoms with Crippen LogP contribution < -0.4 is 9.47 Å². The van der Waals surface area contributed by atoms with Crippen LogP contribution >= 0.6 is 0 Å². The SMILES string of the molecule is C=C(COCC(F)(F)S(=O)(=O)[O-])C(=O)Oc1cccc2c1OC(=O)C2. The maximum Gasteiger partial charge on any atom is 0.357 e. The van der Waals surface area contributed by atoms with Crippen LogP contribution in [0.3, 0.4) is 0 Å². The highest BCUT2D eigenvalue weighted by Gasteiger charge is 2.38. The van der Waals surface area contributed by atoms with E-state index in [4.69, 9.17) is 9.47 Å².